The summed E-state index contributed by atoms with van der Waals surface area (Å²) in [5.41, 5.74) is 2.11. The van der Waals surface area contributed by atoms with Crippen LogP contribution >= 0.6 is 24.0 Å². The normalized spacial score (nSPS) is 20.4. The third-order valence-corrected chi connectivity index (χ3v) is 5.34. The van der Waals surface area contributed by atoms with Crippen molar-refractivity contribution in [1.82, 2.24) is 15.5 Å². The Hall–Kier alpha value is -1.35. The van der Waals surface area contributed by atoms with Gasteiger partial charge >= 0.3 is 0 Å². The molecule has 1 aromatic rings. The molecule has 6 nitrogen and oxygen atoms in total. The molecule has 2 aliphatic heterocycles. The molecule has 1 unspecified atom stereocenters. The van der Waals surface area contributed by atoms with Gasteiger partial charge in [-0.1, -0.05) is 31.0 Å². The number of guanidine groups is 1. The van der Waals surface area contributed by atoms with Crippen LogP contribution in [0.25, 0.3) is 0 Å². The average molecular weight is 499 g/mol. The minimum absolute atomic E-state index is 0. The number of benzene rings is 1. The third-order valence-electron chi connectivity index (χ3n) is 5.34. The van der Waals surface area contributed by atoms with E-state index >= 15 is 0 Å². The first kappa shape index (κ1) is 22.9. The Labute approximate surface area is 186 Å². The second-order valence-corrected chi connectivity index (χ2v) is 7.44. The molecule has 1 saturated heterocycles. The van der Waals surface area contributed by atoms with Gasteiger partial charge in [0.2, 0.25) is 5.91 Å². The highest BCUT2D eigenvalue weighted by Crippen LogP contribution is 2.31. The zero-order valence-corrected chi connectivity index (χ0v) is 19.2. The molecule has 7 heteroatoms. The molecule has 2 heterocycles. The number of anilines is 1. The Morgan fingerprint density at radius 3 is 2.68 bits per heavy atom. The lowest BCUT2D eigenvalue weighted by Gasteiger charge is -2.25. The Morgan fingerprint density at radius 2 is 1.93 bits per heavy atom. The molecule has 0 aromatic heterocycles. The van der Waals surface area contributed by atoms with Crippen LogP contribution in [0.3, 0.4) is 0 Å². The van der Waals surface area contributed by atoms with Gasteiger partial charge in [-0.15, -0.1) is 24.0 Å². The topological polar surface area (TPSA) is 68.8 Å². The van der Waals surface area contributed by atoms with Crippen LogP contribution in [-0.4, -0.2) is 56.0 Å². The monoisotopic (exact) mass is 499 g/mol. The van der Waals surface area contributed by atoms with Gasteiger partial charge in [-0.2, -0.15) is 0 Å². The smallest absolute Gasteiger partial charge is 0.225 e. The first-order chi connectivity index (χ1) is 13.3. The first-order valence-corrected chi connectivity index (χ1v) is 10.4. The van der Waals surface area contributed by atoms with E-state index in [1.807, 2.05) is 18.2 Å². The van der Waals surface area contributed by atoms with E-state index in [0.717, 1.165) is 31.3 Å². The van der Waals surface area contributed by atoms with E-state index in [1.54, 1.807) is 0 Å². The van der Waals surface area contributed by atoms with E-state index in [4.69, 9.17) is 4.99 Å². The Bertz CT molecular complexity index is 643. The number of nitrogens with zero attached hydrogens (tertiary/aromatic N) is 2. The molecule has 28 heavy (non-hydrogen) atoms. The maximum absolute atomic E-state index is 12.0. The van der Waals surface area contributed by atoms with Gasteiger partial charge in [0, 0.05) is 37.7 Å². The molecule has 1 fully saturated rings. The van der Waals surface area contributed by atoms with Crippen molar-refractivity contribution < 1.29 is 4.79 Å². The maximum Gasteiger partial charge on any atom is 0.225 e. The van der Waals surface area contributed by atoms with Gasteiger partial charge in [0.15, 0.2) is 5.96 Å². The summed E-state index contributed by atoms with van der Waals surface area (Å²) in [4.78, 5) is 19.3. The predicted octanol–water partition coefficient (Wildman–Crippen LogP) is 3.16. The van der Waals surface area contributed by atoms with Crippen LogP contribution in [0.2, 0.25) is 0 Å². The molecule has 0 spiro atoms. The Balaban J connectivity index is 0.00000280. The molecule has 1 atom stereocenters. The van der Waals surface area contributed by atoms with Crippen LogP contribution < -0.4 is 16.0 Å². The van der Waals surface area contributed by atoms with Crippen LogP contribution in [-0.2, 0) is 4.79 Å². The van der Waals surface area contributed by atoms with Gasteiger partial charge < -0.3 is 20.9 Å². The van der Waals surface area contributed by atoms with Crippen molar-refractivity contribution in [2.45, 2.75) is 44.9 Å². The van der Waals surface area contributed by atoms with Crippen LogP contribution in [0, 0.1) is 0 Å². The lowest BCUT2D eigenvalue weighted by atomic mass is 9.91. The fourth-order valence-corrected chi connectivity index (χ4v) is 3.90. The SMILES string of the molecule is CCNC(=NCC1CC(=O)Nc2ccccc21)NCCN1CCCCCC1.I. The number of para-hydroxylation sites is 1. The number of halogens is 1. The van der Waals surface area contributed by atoms with Crippen molar-refractivity contribution in [3.63, 3.8) is 0 Å². The summed E-state index contributed by atoms with van der Waals surface area (Å²) in [5, 5.41) is 9.74. The summed E-state index contributed by atoms with van der Waals surface area (Å²) in [6.07, 6.45) is 5.86. The molecule has 2 aliphatic rings. The number of amides is 1. The van der Waals surface area contributed by atoms with E-state index in [2.05, 4.69) is 33.8 Å². The number of likely N-dealkylation sites (tertiary alicyclic amines) is 1. The fraction of sp³-hybridized carbons (Fsp3) is 0.619. The number of hydrogen-bond acceptors (Lipinski definition) is 3. The number of fused-ring (bicyclic) bond motifs is 1. The maximum atomic E-state index is 12.0. The molecule has 1 aromatic carbocycles. The highest BCUT2D eigenvalue weighted by molar-refractivity contribution is 14.0. The number of carbonyl (C=O) groups is 1. The second-order valence-electron chi connectivity index (χ2n) is 7.44. The zero-order chi connectivity index (χ0) is 18.9. The van der Waals surface area contributed by atoms with E-state index in [1.165, 1.54) is 44.3 Å². The van der Waals surface area contributed by atoms with Gasteiger partial charge in [-0.25, -0.2) is 0 Å². The van der Waals surface area contributed by atoms with Gasteiger partial charge in [-0.3, -0.25) is 9.79 Å². The molecular formula is C21H34IN5O. The number of hydrogen-bond donors (Lipinski definition) is 3. The van der Waals surface area contributed by atoms with E-state index < -0.39 is 0 Å². The predicted molar refractivity (Wildman–Crippen MR) is 127 cm³/mol. The molecule has 1 amide bonds. The average Bonchev–Trinajstić information content (AvgIpc) is 2.94. The van der Waals surface area contributed by atoms with E-state index in [-0.39, 0.29) is 35.8 Å². The summed E-state index contributed by atoms with van der Waals surface area (Å²) in [6.45, 7) is 7.90. The Morgan fingerprint density at radius 1 is 1.18 bits per heavy atom. The lowest BCUT2D eigenvalue weighted by molar-refractivity contribution is -0.116. The first-order valence-electron chi connectivity index (χ1n) is 10.4. The van der Waals surface area contributed by atoms with Crippen LogP contribution in [0.4, 0.5) is 5.69 Å². The van der Waals surface area contributed by atoms with E-state index in [9.17, 15) is 4.79 Å². The molecule has 3 N–H and O–H groups in total. The number of aliphatic imine (C=N–C) groups is 1. The van der Waals surface area contributed by atoms with Crippen molar-refractivity contribution in [1.29, 1.82) is 0 Å². The van der Waals surface area contributed by atoms with Gasteiger partial charge in [-0.05, 0) is 44.5 Å². The minimum Gasteiger partial charge on any atom is -0.357 e. The summed E-state index contributed by atoms with van der Waals surface area (Å²) >= 11 is 0. The number of rotatable bonds is 6. The van der Waals surface area contributed by atoms with Gasteiger partial charge in [0.1, 0.15) is 0 Å². The Kier molecular flexibility index (Phi) is 10.0. The highest BCUT2D eigenvalue weighted by atomic mass is 127. The van der Waals surface area contributed by atoms with Crippen molar-refractivity contribution in [2.24, 2.45) is 4.99 Å². The van der Waals surface area contributed by atoms with Crippen LogP contribution in [0.1, 0.15) is 50.5 Å². The van der Waals surface area contributed by atoms with E-state index in [0.29, 0.717) is 13.0 Å². The number of nitrogens with one attached hydrogen (secondary N) is 3. The van der Waals surface area contributed by atoms with Crippen LogP contribution in [0.5, 0.6) is 0 Å². The molecule has 0 aliphatic carbocycles. The largest absolute Gasteiger partial charge is 0.357 e. The quantitative estimate of drug-likeness (QED) is 0.320. The second kappa shape index (κ2) is 12.3. The lowest BCUT2D eigenvalue weighted by Crippen LogP contribution is -2.42. The zero-order valence-electron chi connectivity index (χ0n) is 16.9. The van der Waals surface area contributed by atoms with Crippen molar-refractivity contribution >= 4 is 41.5 Å². The van der Waals surface area contributed by atoms with Crippen LogP contribution in [0.15, 0.2) is 29.3 Å². The summed E-state index contributed by atoms with van der Waals surface area (Å²) in [6, 6.07) is 8.04. The third kappa shape index (κ3) is 6.92. The van der Waals surface area contributed by atoms with Crippen molar-refractivity contribution in [2.75, 3.05) is 44.6 Å². The molecule has 156 valence electrons. The standard InChI is InChI=1S/C21H33N5O.HI/c1-2-22-21(23-11-14-26-12-7-3-4-8-13-26)24-16-17-15-20(27)25-19-10-6-5-9-18(17)19;/h5-6,9-10,17H,2-4,7-8,11-16H2,1H3,(H,25,27)(H2,22,23,24);1H. The molecule has 0 saturated carbocycles. The van der Waals surface area contributed by atoms with Gasteiger partial charge in [0.05, 0.1) is 6.54 Å². The molecule has 0 bridgehead atoms. The highest BCUT2D eigenvalue weighted by Gasteiger charge is 2.24. The van der Waals surface area contributed by atoms with Crippen molar-refractivity contribution in [3.05, 3.63) is 29.8 Å². The molecular weight excluding hydrogens is 465 g/mol. The molecule has 0 radical (unpaired) electrons. The summed E-state index contributed by atoms with van der Waals surface area (Å²) in [7, 11) is 0. The van der Waals surface area contributed by atoms with Gasteiger partial charge in [0.25, 0.3) is 0 Å². The molecule has 3 rings (SSSR count). The fourth-order valence-electron chi connectivity index (χ4n) is 3.90. The minimum atomic E-state index is 0. The number of carbonyl (C=O) groups excluding carboxylic acids is 1. The van der Waals surface area contributed by atoms with Crippen molar-refractivity contribution in [3.8, 4) is 0 Å². The summed E-state index contributed by atoms with van der Waals surface area (Å²) in [5.74, 6) is 1.06. The summed E-state index contributed by atoms with van der Waals surface area (Å²) < 4.78 is 0.